The van der Waals surface area contributed by atoms with Gasteiger partial charge in [0.25, 0.3) is 5.91 Å². The summed E-state index contributed by atoms with van der Waals surface area (Å²) >= 11 is 0. The Morgan fingerprint density at radius 3 is 2.21 bits per heavy atom. The molecule has 3 aromatic carbocycles. The smallest absolute Gasteiger partial charge is 0.258 e. The summed E-state index contributed by atoms with van der Waals surface area (Å²) < 4.78 is 0. The molecule has 7 rings (SSSR count). The molecule has 0 fully saturated rings. The van der Waals surface area contributed by atoms with Crippen molar-refractivity contribution in [3.05, 3.63) is 90.3 Å². The van der Waals surface area contributed by atoms with Gasteiger partial charge >= 0.3 is 0 Å². The third kappa shape index (κ3) is 2.65. The maximum atomic E-state index is 13.6. The minimum absolute atomic E-state index is 0.0237. The zero-order valence-corrected chi connectivity index (χ0v) is 18.4. The molecule has 6 nitrogen and oxygen atoms in total. The molecule has 34 heavy (non-hydrogen) atoms. The number of rotatable bonds is 1. The summed E-state index contributed by atoms with van der Waals surface area (Å²) in [5.74, 6) is -0.0237. The van der Waals surface area contributed by atoms with E-state index in [1.165, 1.54) is 5.56 Å². The SMILES string of the molecule is C[C@H]1Cc2ccccc2N1C(=O)c1ccc2nc3c4ncccc4c4cccnc4c3nc2c1. The van der Waals surface area contributed by atoms with E-state index in [0.717, 1.165) is 44.9 Å². The highest BCUT2D eigenvalue weighted by atomic mass is 16.2. The Morgan fingerprint density at radius 1 is 0.794 bits per heavy atom. The first kappa shape index (κ1) is 19.1. The van der Waals surface area contributed by atoms with Gasteiger partial charge in [-0.25, -0.2) is 9.97 Å². The van der Waals surface area contributed by atoms with Gasteiger partial charge in [0.15, 0.2) is 0 Å². The second-order valence-electron chi connectivity index (χ2n) is 8.78. The van der Waals surface area contributed by atoms with Crippen molar-refractivity contribution in [2.24, 2.45) is 0 Å². The molecule has 0 saturated carbocycles. The van der Waals surface area contributed by atoms with Crippen LogP contribution in [0.15, 0.2) is 79.1 Å². The van der Waals surface area contributed by atoms with Crippen molar-refractivity contribution in [1.82, 2.24) is 19.9 Å². The molecule has 1 aliphatic heterocycles. The van der Waals surface area contributed by atoms with Crippen LogP contribution in [0.2, 0.25) is 0 Å². The van der Waals surface area contributed by atoms with E-state index in [0.29, 0.717) is 16.6 Å². The first-order valence-electron chi connectivity index (χ1n) is 11.3. The number of pyridine rings is 2. The Hall–Kier alpha value is -4.45. The molecule has 3 aromatic heterocycles. The fraction of sp³-hybridized carbons (Fsp3) is 0.107. The molecule has 6 heteroatoms. The average Bonchev–Trinajstić information content (AvgIpc) is 3.22. The number of hydrogen-bond acceptors (Lipinski definition) is 5. The fourth-order valence-electron chi connectivity index (χ4n) is 5.15. The normalized spacial score (nSPS) is 15.4. The molecule has 0 N–H and O–H groups in total. The third-order valence-corrected chi connectivity index (χ3v) is 6.69. The van der Waals surface area contributed by atoms with Crippen molar-refractivity contribution >= 4 is 55.5 Å². The highest BCUT2D eigenvalue weighted by molar-refractivity contribution is 6.21. The lowest BCUT2D eigenvalue weighted by Crippen LogP contribution is -2.35. The van der Waals surface area contributed by atoms with Crippen molar-refractivity contribution in [2.45, 2.75) is 19.4 Å². The molecular weight excluding hydrogens is 422 g/mol. The molecule has 1 amide bonds. The zero-order chi connectivity index (χ0) is 22.8. The van der Waals surface area contributed by atoms with Crippen LogP contribution in [0.3, 0.4) is 0 Å². The maximum absolute atomic E-state index is 13.6. The third-order valence-electron chi connectivity index (χ3n) is 6.69. The van der Waals surface area contributed by atoms with Crippen molar-refractivity contribution in [3.8, 4) is 0 Å². The molecule has 0 spiro atoms. The van der Waals surface area contributed by atoms with Crippen LogP contribution >= 0.6 is 0 Å². The Bertz CT molecular complexity index is 1800. The lowest BCUT2D eigenvalue weighted by molar-refractivity contribution is 0.0981. The van der Waals surface area contributed by atoms with Crippen LogP contribution in [0.4, 0.5) is 5.69 Å². The van der Waals surface area contributed by atoms with Crippen molar-refractivity contribution < 1.29 is 4.79 Å². The predicted octanol–water partition coefficient (Wildman–Crippen LogP) is 5.47. The van der Waals surface area contributed by atoms with E-state index < -0.39 is 0 Å². The summed E-state index contributed by atoms with van der Waals surface area (Å²) in [7, 11) is 0. The number of para-hydroxylation sites is 1. The number of benzene rings is 3. The molecule has 6 aromatic rings. The Labute approximate surface area is 194 Å². The van der Waals surface area contributed by atoms with Crippen LogP contribution in [-0.4, -0.2) is 31.9 Å². The van der Waals surface area contributed by atoms with Gasteiger partial charge in [0.1, 0.15) is 11.0 Å². The highest BCUT2D eigenvalue weighted by Crippen LogP contribution is 2.34. The van der Waals surface area contributed by atoms with E-state index in [2.05, 4.69) is 23.0 Å². The maximum Gasteiger partial charge on any atom is 0.258 e. The molecule has 0 unspecified atom stereocenters. The minimum atomic E-state index is -0.0237. The molecule has 162 valence electrons. The van der Waals surface area contributed by atoms with Gasteiger partial charge in [0.05, 0.1) is 22.1 Å². The minimum Gasteiger partial charge on any atom is -0.305 e. The molecule has 0 bridgehead atoms. The van der Waals surface area contributed by atoms with Gasteiger partial charge in [-0.15, -0.1) is 0 Å². The number of hydrogen-bond donors (Lipinski definition) is 0. The highest BCUT2D eigenvalue weighted by Gasteiger charge is 2.31. The van der Waals surface area contributed by atoms with Crippen LogP contribution in [0, 0.1) is 0 Å². The van der Waals surface area contributed by atoms with Crippen molar-refractivity contribution in [1.29, 1.82) is 0 Å². The Kier molecular flexibility index (Phi) is 3.94. The van der Waals surface area contributed by atoms with Gasteiger partial charge in [-0.1, -0.05) is 30.3 Å². The largest absolute Gasteiger partial charge is 0.305 e. The van der Waals surface area contributed by atoms with E-state index in [4.69, 9.17) is 9.97 Å². The van der Waals surface area contributed by atoms with Gasteiger partial charge < -0.3 is 4.90 Å². The molecule has 0 saturated heterocycles. The molecule has 1 aliphatic rings. The van der Waals surface area contributed by atoms with Crippen LogP contribution in [-0.2, 0) is 6.42 Å². The summed E-state index contributed by atoms with van der Waals surface area (Å²) in [5.41, 5.74) is 7.17. The zero-order valence-electron chi connectivity index (χ0n) is 18.4. The second-order valence-corrected chi connectivity index (χ2v) is 8.78. The van der Waals surface area contributed by atoms with Crippen LogP contribution in [0.5, 0.6) is 0 Å². The van der Waals surface area contributed by atoms with E-state index in [9.17, 15) is 4.79 Å². The second kappa shape index (κ2) is 7.02. The first-order valence-corrected chi connectivity index (χ1v) is 11.3. The number of aromatic nitrogens is 4. The van der Waals surface area contributed by atoms with Gasteiger partial charge in [0, 0.05) is 40.5 Å². The summed E-state index contributed by atoms with van der Waals surface area (Å²) in [6.45, 7) is 2.09. The first-order chi connectivity index (χ1) is 16.7. The topological polar surface area (TPSA) is 71.9 Å². The summed E-state index contributed by atoms with van der Waals surface area (Å²) in [6, 6.07) is 21.7. The summed E-state index contributed by atoms with van der Waals surface area (Å²) in [4.78, 5) is 34.5. The number of carbonyl (C=O) groups is 1. The number of fused-ring (bicyclic) bond motifs is 8. The van der Waals surface area contributed by atoms with Gasteiger partial charge in [-0.2, -0.15) is 0 Å². The van der Waals surface area contributed by atoms with Gasteiger partial charge in [0.2, 0.25) is 0 Å². The lowest BCUT2D eigenvalue weighted by atomic mass is 10.1. The average molecular weight is 441 g/mol. The van der Waals surface area contributed by atoms with Crippen LogP contribution in [0.25, 0.3) is 43.9 Å². The Balaban J connectivity index is 1.44. The Morgan fingerprint density at radius 2 is 1.47 bits per heavy atom. The fourth-order valence-corrected chi connectivity index (χ4v) is 5.15. The van der Waals surface area contributed by atoms with Crippen LogP contribution in [0.1, 0.15) is 22.8 Å². The summed E-state index contributed by atoms with van der Waals surface area (Å²) in [6.07, 6.45) is 4.40. The summed E-state index contributed by atoms with van der Waals surface area (Å²) in [5, 5.41) is 1.99. The number of nitrogens with zero attached hydrogens (tertiary/aromatic N) is 5. The van der Waals surface area contributed by atoms with E-state index in [-0.39, 0.29) is 11.9 Å². The number of anilines is 1. The quantitative estimate of drug-likeness (QED) is 0.250. The van der Waals surface area contributed by atoms with E-state index in [1.807, 2.05) is 65.6 Å². The van der Waals surface area contributed by atoms with E-state index >= 15 is 0 Å². The van der Waals surface area contributed by atoms with Gasteiger partial charge in [-0.3, -0.25) is 14.8 Å². The predicted molar refractivity (Wildman–Crippen MR) is 134 cm³/mol. The lowest BCUT2D eigenvalue weighted by Gasteiger charge is -2.23. The number of amides is 1. The van der Waals surface area contributed by atoms with Crippen molar-refractivity contribution in [2.75, 3.05) is 4.90 Å². The molecule has 4 heterocycles. The molecular formula is C28H19N5O. The molecule has 0 radical (unpaired) electrons. The number of carbonyl (C=O) groups excluding carboxylic acids is 1. The molecule has 1 atom stereocenters. The monoisotopic (exact) mass is 441 g/mol. The van der Waals surface area contributed by atoms with Crippen LogP contribution < -0.4 is 4.90 Å². The standard InChI is InChI=1S/C28H19N5O/c1-16-14-17-6-2-3-9-23(17)33(16)28(34)18-10-11-21-22(15-18)32-27-25-20(8-5-13-30-25)19-7-4-12-29-24(19)26(27)31-21/h2-13,15-16H,14H2,1H3/t16-/m0/s1. The van der Waals surface area contributed by atoms with E-state index in [1.54, 1.807) is 12.4 Å². The van der Waals surface area contributed by atoms with Gasteiger partial charge in [-0.05, 0) is 55.3 Å². The van der Waals surface area contributed by atoms with Crippen molar-refractivity contribution in [3.63, 3.8) is 0 Å². The molecule has 0 aliphatic carbocycles.